The van der Waals surface area contributed by atoms with Gasteiger partial charge in [0.15, 0.2) is 0 Å². The Hall–Kier alpha value is -2.77. The van der Waals surface area contributed by atoms with E-state index in [1.165, 1.54) is 16.8 Å². The van der Waals surface area contributed by atoms with Crippen LogP contribution in [0.25, 0.3) is 10.9 Å². The monoisotopic (exact) mass is 303 g/mol. The number of fused-ring (bicyclic) bond motifs is 3. The maximum atomic E-state index is 9.79. The van der Waals surface area contributed by atoms with E-state index in [0.29, 0.717) is 11.3 Å². The fourth-order valence-electron chi connectivity index (χ4n) is 3.56. The maximum Gasteiger partial charge on any atom is 0.116 e. The van der Waals surface area contributed by atoms with Gasteiger partial charge in [-0.15, -0.1) is 0 Å². The van der Waals surface area contributed by atoms with Crippen LogP contribution in [0.15, 0.2) is 42.5 Å². The molecule has 0 radical (unpaired) electrons. The van der Waals surface area contributed by atoms with Gasteiger partial charge in [-0.3, -0.25) is 4.90 Å². The van der Waals surface area contributed by atoms with E-state index >= 15 is 0 Å². The van der Waals surface area contributed by atoms with Crippen molar-refractivity contribution in [3.8, 4) is 11.8 Å². The van der Waals surface area contributed by atoms with Crippen LogP contribution in [0.2, 0.25) is 0 Å². The summed E-state index contributed by atoms with van der Waals surface area (Å²) in [6.45, 7) is 0.959. The van der Waals surface area contributed by atoms with Crippen LogP contribution in [0.3, 0.4) is 0 Å². The molecule has 1 aliphatic heterocycles. The fraction of sp³-hybridized carbons (Fsp3) is 0.211. The number of phenols is 1. The summed E-state index contributed by atoms with van der Waals surface area (Å²) in [6.07, 6.45) is 0.960. The van der Waals surface area contributed by atoms with Gasteiger partial charge in [-0.25, -0.2) is 0 Å². The number of nitrogens with zero attached hydrogens (tertiary/aromatic N) is 2. The van der Waals surface area contributed by atoms with E-state index in [1.807, 2.05) is 36.4 Å². The average Bonchev–Trinajstić information content (AvgIpc) is 2.92. The van der Waals surface area contributed by atoms with E-state index in [4.69, 9.17) is 5.26 Å². The molecule has 4 heteroatoms. The molecule has 0 saturated carbocycles. The molecule has 0 aliphatic carbocycles. The SMILES string of the molecule is CN1CCc2c([nH]c3ccc(O)cc23)C1c1ccc(C#N)cc1. The van der Waals surface area contributed by atoms with Crippen molar-refractivity contribution < 1.29 is 5.11 Å². The van der Waals surface area contributed by atoms with Crippen LogP contribution in [0.5, 0.6) is 5.75 Å². The lowest BCUT2D eigenvalue weighted by atomic mass is 9.92. The number of phenolic OH excluding ortho intramolecular Hbond substituents is 1. The summed E-state index contributed by atoms with van der Waals surface area (Å²) in [6, 6.07) is 15.6. The molecule has 1 aromatic heterocycles. The third kappa shape index (κ3) is 2.18. The van der Waals surface area contributed by atoms with Gasteiger partial charge in [0.05, 0.1) is 17.7 Å². The minimum atomic E-state index is 0.140. The molecule has 1 unspecified atom stereocenters. The second kappa shape index (κ2) is 5.15. The Labute approximate surface area is 134 Å². The molecule has 0 saturated heterocycles. The minimum absolute atomic E-state index is 0.140. The van der Waals surface area contributed by atoms with Crippen LogP contribution in [0.1, 0.15) is 28.4 Å². The van der Waals surface area contributed by atoms with Gasteiger partial charge >= 0.3 is 0 Å². The highest BCUT2D eigenvalue weighted by Crippen LogP contribution is 2.38. The second-order valence-corrected chi connectivity index (χ2v) is 6.11. The Morgan fingerprint density at radius 1 is 1.22 bits per heavy atom. The van der Waals surface area contributed by atoms with Crippen molar-refractivity contribution in [1.82, 2.24) is 9.88 Å². The molecule has 114 valence electrons. The van der Waals surface area contributed by atoms with E-state index in [2.05, 4.69) is 23.0 Å². The molecule has 4 rings (SSSR count). The van der Waals surface area contributed by atoms with Gasteiger partial charge in [0.25, 0.3) is 0 Å². The molecule has 1 aliphatic rings. The van der Waals surface area contributed by atoms with E-state index in [-0.39, 0.29) is 6.04 Å². The van der Waals surface area contributed by atoms with Crippen LogP contribution in [-0.2, 0) is 6.42 Å². The zero-order valence-corrected chi connectivity index (χ0v) is 12.9. The summed E-state index contributed by atoms with van der Waals surface area (Å²) in [7, 11) is 2.12. The number of benzene rings is 2. The Morgan fingerprint density at radius 3 is 2.74 bits per heavy atom. The van der Waals surface area contributed by atoms with Crippen molar-refractivity contribution in [2.24, 2.45) is 0 Å². The molecule has 2 aromatic carbocycles. The number of aromatic nitrogens is 1. The Morgan fingerprint density at radius 2 is 2.00 bits per heavy atom. The number of nitrogens with one attached hydrogen (secondary N) is 1. The Kier molecular flexibility index (Phi) is 3.10. The first-order valence-electron chi connectivity index (χ1n) is 7.71. The molecule has 23 heavy (non-hydrogen) atoms. The summed E-state index contributed by atoms with van der Waals surface area (Å²) in [4.78, 5) is 5.85. The third-order valence-corrected chi connectivity index (χ3v) is 4.71. The normalized spacial score (nSPS) is 17.8. The lowest BCUT2D eigenvalue weighted by Crippen LogP contribution is -2.32. The molecule has 0 bridgehead atoms. The van der Waals surface area contributed by atoms with Gasteiger partial charge in [0.1, 0.15) is 5.75 Å². The average molecular weight is 303 g/mol. The Balaban J connectivity index is 1.88. The first-order valence-corrected chi connectivity index (χ1v) is 7.71. The summed E-state index contributed by atoms with van der Waals surface area (Å²) in [5, 5.41) is 19.9. The summed E-state index contributed by atoms with van der Waals surface area (Å²) in [5.41, 5.74) is 5.37. The third-order valence-electron chi connectivity index (χ3n) is 4.71. The first kappa shape index (κ1) is 13.9. The van der Waals surface area contributed by atoms with Gasteiger partial charge in [-0.1, -0.05) is 12.1 Å². The molecular weight excluding hydrogens is 286 g/mol. The molecular formula is C19H17N3O. The van der Waals surface area contributed by atoms with E-state index in [1.54, 1.807) is 6.07 Å². The van der Waals surface area contributed by atoms with Gasteiger partial charge in [-0.05, 0) is 54.9 Å². The molecule has 0 spiro atoms. The van der Waals surface area contributed by atoms with Crippen molar-refractivity contribution in [2.75, 3.05) is 13.6 Å². The topological polar surface area (TPSA) is 63.1 Å². The van der Waals surface area contributed by atoms with Crippen LogP contribution in [0, 0.1) is 11.3 Å². The first-order chi connectivity index (χ1) is 11.2. The van der Waals surface area contributed by atoms with Crippen molar-refractivity contribution >= 4 is 10.9 Å². The smallest absolute Gasteiger partial charge is 0.116 e. The highest BCUT2D eigenvalue weighted by Gasteiger charge is 2.29. The lowest BCUT2D eigenvalue weighted by molar-refractivity contribution is 0.261. The highest BCUT2D eigenvalue weighted by molar-refractivity contribution is 5.86. The van der Waals surface area contributed by atoms with Crippen LogP contribution in [-0.4, -0.2) is 28.6 Å². The second-order valence-electron chi connectivity index (χ2n) is 6.11. The molecule has 0 fully saturated rings. The van der Waals surface area contributed by atoms with Crippen LogP contribution >= 0.6 is 0 Å². The molecule has 1 atom stereocenters. The number of aromatic amines is 1. The van der Waals surface area contributed by atoms with Crippen molar-refractivity contribution in [2.45, 2.75) is 12.5 Å². The standard InChI is InChI=1S/C19H17N3O/c1-22-9-8-15-16-10-14(23)6-7-17(16)21-18(15)19(22)13-4-2-12(11-20)3-5-13/h2-7,10,19,21,23H,8-9H2,1H3. The zero-order valence-electron chi connectivity index (χ0n) is 12.9. The van der Waals surface area contributed by atoms with Gasteiger partial charge in [0.2, 0.25) is 0 Å². The van der Waals surface area contributed by atoms with Gasteiger partial charge in [0, 0.05) is 23.1 Å². The number of hydrogen-bond donors (Lipinski definition) is 2. The quantitative estimate of drug-likeness (QED) is 0.725. The van der Waals surface area contributed by atoms with Crippen LogP contribution in [0.4, 0.5) is 0 Å². The van der Waals surface area contributed by atoms with Crippen LogP contribution < -0.4 is 0 Å². The Bertz CT molecular complexity index is 918. The minimum Gasteiger partial charge on any atom is -0.508 e. The van der Waals surface area contributed by atoms with Gasteiger partial charge < -0.3 is 10.1 Å². The van der Waals surface area contributed by atoms with Gasteiger partial charge in [-0.2, -0.15) is 5.26 Å². The summed E-state index contributed by atoms with van der Waals surface area (Å²) in [5.74, 6) is 0.299. The summed E-state index contributed by atoms with van der Waals surface area (Å²) < 4.78 is 0. The molecule has 2 heterocycles. The van der Waals surface area contributed by atoms with E-state index in [0.717, 1.165) is 23.9 Å². The fourth-order valence-corrected chi connectivity index (χ4v) is 3.56. The molecule has 0 amide bonds. The van der Waals surface area contributed by atoms with E-state index < -0.39 is 0 Å². The maximum absolute atomic E-state index is 9.79. The lowest BCUT2D eigenvalue weighted by Gasteiger charge is -2.33. The summed E-state index contributed by atoms with van der Waals surface area (Å²) >= 11 is 0. The largest absolute Gasteiger partial charge is 0.508 e. The number of aromatic hydroxyl groups is 1. The predicted octanol–water partition coefficient (Wildman–Crippen LogP) is 3.32. The number of nitriles is 1. The predicted molar refractivity (Wildman–Crippen MR) is 89.3 cm³/mol. The van der Waals surface area contributed by atoms with Crippen molar-refractivity contribution in [1.29, 1.82) is 5.26 Å². The highest BCUT2D eigenvalue weighted by atomic mass is 16.3. The number of H-pyrrole nitrogens is 1. The number of rotatable bonds is 1. The molecule has 3 aromatic rings. The van der Waals surface area contributed by atoms with E-state index in [9.17, 15) is 5.11 Å². The molecule has 2 N–H and O–H groups in total. The van der Waals surface area contributed by atoms with Crippen molar-refractivity contribution in [3.63, 3.8) is 0 Å². The number of hydrogen-bond acceptors (Lipinski definition) is 3. The number of likely N-dealkylation sites (N-methyl/N-ethyl adjacent to an activating group) is 1. The molecule has 4 nitrogen and oxygen atoms in total. The van der Waals surface area contributed by atoms with Crippen molar-refractivity contribution in [3.05, 3.63) is 64.8 Å². The zero-order chi connectivity index (χ0) is 16.0.